The number of nitro benzene ring substituents is 1. The molecule has 0 aliphatic heterocycles. The van der Waals surface area contributed by atoms with E-state index in [1.807, 2.05) is 0 Å². The van der Waals surface area contributed by atoms with Crippen molar-refractivity contribution in [2.45, 2.75) is 6.54 Å². The monoisotopic (exact) mass is 320 g/mol. The van der Waals surface area contributed by atoms with E-state index in [4.69, 9.17) is 11.6 Å². The first-order valence-corrected chi connectivity index (χ1v) is 6.74. The Hall–Kier alpha value is -2.60. The molecule has 6 nitrogen and oxygen atoms in total. The number of benzene rings is 2. The highest BCUT2D eigenvalue weighted by Crippen LogP contribution is 2.24. The van der Waals surface area contributed by atoms with Crippen LogP contribution in [-0.4, -0.2) is 27.9 Å². The number of rotatable bonds is 4. The first-order valence-electron chi connectivity index (χ1n) is 6.36. The second-order valence-electron chi connectivity index (χ2n) is 4.71. The second-order valence-corrected chi connectivity index (χ2v) is 5.12. The SMILES string of the molecule is CN(Cc1cc([N+](=O)[O-])ccc1Cl)C(=O)c1ccccc1O. The molecule has 0 unspecified atom stereocenters. The molecule has 2 rings (SSSR count). The topological polar surface area (TPSA) is 83.7 Å². The summed E-state index contributed by atoms with van der Waals surface area (Å²) >= 11 is 6.02. The predicted molar refractivity (Wildman–Crippen MR) is 82.0 cm³/mol. The van der Waals surface area contributed by atoms with Crippen molar-refractivity contribution in [3.63, 3.8) is 0 Å². The van der Waals surface area contributed by atoms with Crippen LogP contribution in [0.25, 0.3) is 0 Å². The number of halogens is 1. The molecular formula is C15H13ClN2O4. The van der Waals surface area contributed by atoms with Gasteiger partial charge in [-0.25, -0.2) is 0 Å². The zero-order chi connectivity index (χ0) is 16.3. The van der Waals surface area contributed by atoms with E-state index >= 15 is 0 Å². The molecule has 7 heteroatoms. The number of aromatic hydroxyl groups is 1. The number of amides is 1. The van der Waals surface area contributed by atoms with Crippen molar-refractivity contribution in [3.8, 4) is 5.75 Å². The van der Waals surface area contributed by atoms with Crippen LogP contribution >= 0.6 is 11.6 Å². The van der Waals surface area contributed by atoms with Crippen LogP contribution < -0.4 is 0 Å². The Kier molecular flexibility index (Phi) is 4.62. The molecule has 2 aromatic rings. The number of nitro groups is 1. The van der Waals surface area contributed by atoms with Gasteiger partial charge in [-0.05, 0) is 23.8 Å². The highest BCUT2D eigenvalue weighted by Gasteiger charge is 2.18. The molecule has 22 heavy (non-hydrogen) atoms. The summed E-state index contributed by atoms with van der Waals surface area (Å²) < 4.78 is 0. The number of hydrogen-bond acceptors (Lipinski definition) is 4. The molecule has 0 saturated heterocycles. The van der Waals surface area contributed by atoms with Crippen molar-refractivity contribution in [3.05, 3.63) is 68.7 Å². The fraction of sp³-hybridized carbons (Fsp3) is 0.133. The summed E-state index contributed by atoms with van der Waals surface area (Å²) in [6.07, 6.45) is 0. The molecule has 0 aliphatic carbocycles. The quantitative estimate of drug-likeness (QED) is 0.692. The molecule has 0 heterocycles. The van der Waals surface area contributed by atoms with Gasteiger partial charge in [0.15, 0.2) is 0 Å². The second kappa shape index (κ2) is 6.44. The maximum Gasteiger partial charge on any atom is 0.269 e. The Morgan fingerprint density at radius 1 is 1.32 bits per heavy atom. The number of non-ortho nitro benzene ring substituents is 1. The zero-order valence-electron chi connectivity index (χ0n) is 11.7. The van der Waals surface area contributed by atoms with E-state index in [2.05, 4.69) is 0 Å². The lowest BCUT2D eigenvalue weighted by atomic mass is 10.1. The molecular weight excluding hydrogens is 308 g/mol. The third kappa shape index (κ3) is 3.35. The van der Waals surface area contributed by atoms with E-state index in [1.165, 1.54) is 42.3 Å². The van der Waals surface area contributed by atoms with Gasteiger partial charge >= 0.3 is 0 Å². The van der Waals surface area contributed by atoms with Gasteiger partial charge in [0.1, 0.15) is 5.75 Å². The van der Waals surface area contributed by atoms with E-state index in [1.54, 1.807) is 12.1 Å². The molecule has 0 fully saturated rings. The highest BCUT2D eigenvalue weighted by atomic mass is 35.5. The Labute approximate surface area is 131 Å². The maximum atomic E-state index is 12.3. The van der Waals surface area contributed by atoms with E-state index in [9.17, 15) is 20.0 Å². The Morgan fingerprint density at radius 2 is 2.00 bits per heavy atom. The van der Waals surface area contributed by atoms with Gasteiger partial charge in [-0.2, -0.15) is 0 Å². The molecule has 0 spiro atoms. The molecule has 0 aliphatic rings. The van der Waals surface area contributed by atoms with Crippen molar-refractivity contribution < 1.29 is 14.8 Å². The highest BCUT2D eigenvalue weighted by molar-refractivity contribution is 6.31. The van der Waals surface area contributed by atoms with E-state index < -0.39 is 10.8 Å². The van der Waals surface area contributed by atoms with Gasteiger partial charge in [0.2, 0.25) is 0 Å². The first-order chi connectivity index (χ1) is 10.4. The normalized spacial score (nSPS) is 10.3. The Balaban J connectivity index is 2.24. The van der Waals surface area contributed by atoms with Crippen LogP contribution in [0.1, 0.15) is 15.9 Å². The minimum absolute atomic E-state index is 0.0910. The molecule has 0 bridgehead atoms. The van der Waals surface area contributed by atoms with Crippen LogP contribution in [0.5, 0.6) is 5.75 Å². The number of phenols is 1. The molecule has 114 valence electrons. The lowest BCUT2D eigenvalue weighted by Crippen LogP contribution is -2.26. The Bertz CT molecular complexity index is 733. The van der Waals surface area contributed by atoms with E-state index in [0.717, 1.165) is 0 Å². The lowest BCUT2D eigenvalue weighted by Gasteiger charge is -2.18. The summed E-state index contributed by atoms with van der Waals surface area (Å²) in [6.45, 7) is 0.0910. The summed E-state index contributed by atoms with van der Waals surface area (Å²) in [5.74, 6) is -0.523. The van der Waals surface area contributed by atoms with Crippen molar-refractivity contribution in [2.75, 3.05) is 7.05 Å². The molecule has 0 atom stereocenters. The van der Waals surface area contributed by atoms with E-state index in [0.29, 0.717) is 10.6 Å². The van der Waals surface area contributed by atoms with Gasteiger partial charge in [0, 0.05) is 30.7 Å². The van der Waals surface area contributed by atoms with Gasteiger partial charge in [-0.15, -0.1) is 0 Å². The molecule has 2 aromatic carbocycles. The molecule has 1 amide bonds. The number of phenolic OH excluding ortho intramolecular Hbond substituents is 1. The molecule has 0 radical (unpaired) electrons. The summed E-state index contributed by atoms with van der Waals surface area (Å²) in [4.78, 5) is 23.9. The zero-order valence-corrected chi connectivity index (χ0v) is 12.4. The average molecular weight is 321 g/mol. The molecule has 0 aromatic heterocycles. The first kappa shape index (κ1) is 15.8. The van der Waals surface area contributed by atoms with Crippen molar-refractivity contribution in [1.29, 1.82) is 0 Å². The lowest BCUT2D eigenvalue weighted by molar-refractivity contribution is -0.384. The fourth-order valence-corrected chi connectivity index (χ4v) is 2.16. The number of para-hydroxylation sites is 1. The third-order valence-electron chi connectivity index (χ3n) is 3.13. The number of carbonyl (C=O) groups excluding carboxylic acids is 1. The minimum atomic E-state index is -0.523. The van der Waals surface area contributed by atoms with Gasteiger partial charge in [0.25, 0.3) is 11.6 Å². The smallest absolute Gasteiger partial charge is 0.269 e. The third-order valence-corrected chi connectivity index (χ3v) is 3.50. The van der Waals surface area contributed by atoms with Crippen molar-refractivity contribution in [2.24, 2.45) is 0 Å². The van der Waals surface area contributed by atoms with Gasteiger partial charge in [-0.1, -0.05) is 23.7 Å². The molecule has 0 saturated carbocycles. The summed E-state index contributed by atoms with van der Waals surface area (Å²) in [7, 11) is 1.53. The van der Waals surface area contributed by atoms with Gasteiger partial charge in [0.05, 0.1) is 10.5 Å². The standard InChI is InChI=1S/C15H13ClN2O4/c1-17(15(20)12-4-2-3-5-14(12)19)9-10-8-11(18(21)22)6-7-13(10)16/h2-8,19H,9H2,1H3. The minimum Gasteiger partial charge on any atom is -0.507 e. The van der Waals surface area contributed by atoms with Crippen LogP contribution in [-0.2, 0) is 6.54 Å². The van der Waals surface area contributed by atoms with E-state index in [-0.39, 0.29) is 23.5 Å². The van der Waals surface area contributed by atoms with Crippen LogP contribution in [0.3, 0.4) is 0 Å². The van der Waals surface area contributed by atoms with Gasteiger partial charge in [-0.3, -0.25) is 14.9 Å². The average Bonchev–Trinajstić information content (AvgIpc) is 2.49. The molecule has 1 N–H and O–H groups in total. The van der Waals surface area contributed by atoms with Crippen molar-refractivity contribution in [1.82, 2.24) is 4.90 Å². The summed E-state index contributed by atoms with van der Waals surface area (Å²) in [5.41, 5.74) is 0.525. The summed E-state index contributed by atoms with van der Waals surface area (Å²) in [6, 6.07) is 10.2. The number of nitrogens with zero attached hydrogens (tertiary/aromatic N) is 2. The number of carbonyl (C=O) groups is 1. The van der Waals surface area contributed by atoms with Crippen LogP contribution in [0, 0.1) is 10.1 Å². The van der Waals surface area contributed by atoms with Gasteiger partial charge < -0.3 is 10.0 Å². The van der Waals surface area contributed by atoms with Crippen molar-refractivity contribution >= 4 is 23.2 Å². The van der Waals surface area contributed by atoms with Crippen LogP contribution in [0.2, 0.25) is 5.02 Å². The fourth-order valence-electron chi connectivity index (χ4n) is 1.98. The predicted octanol–water partition coefficient (Wildman–Crippen LogP) is 3.23. The van der Waals surface area contributed by atoms with Crippen LogP contribution in [0.15, 0.2) is 42.5 Å². The Morgan fingerprint density at radius 3 is 2.64 bits per heavy atom. The summed E-state index contributed by atoms with van der Waals surface area (Å²) in [5, 5.41) is 20.8. The largest absolute Gasteiger partial charge is 0.507 e. The van der Waals surface area contributed by atoms with Crippen LogP contribution in [0.4, 0.5) is 5.69 Å². The maximum absolute atomic E-state index is 12.3. The number of hydrogen-bond donors (Lipinski definition) is 1.